The van der Waals surface area contributed by atoms with Gasteiger partial charge in [0.15, 0.2) is 5.56 Å². The smallest absolute Gasteiger partial charge is 0.398 e. The number of halogens is 4. The average Bonchev–Trinajstić information content (AvgIpc) is 3.32. The Labute approximate surface area is 219 Å². The Morgan fingerprint density at radius 1 is 1.38 bits per heavy atom. The number of benzene rings is 1. The van der Waals surface area contributed by atoms with Crippen molar-refractivity contribution in [2.24, 2.45) is 5.41 Å². The molecule has 1 aliphatic carbocycles. The summed E-state index contributed by atoms with van der Waals surface area (Å²) in [5, 5.41) is 23.9. The van der Waals surface area contributed by atoms with Gasteiger partial charge in [0.1, 0.15) is 6.61 Å². The normalized spacial score (nSPS) is 23.6. The first-order chi connectivity index (χ1) is 17.4. The summed E-state index contributed by atoms with van der Waals surface area (Å²) < 4.78 is 48.1. The van der Waals surface area contributed by atoms with Crippen LogP contribution in [0.1, 0.15) is 18.9 Å². The number of carbonyl (C=O) groups is 2. The van der Waals surface area contributed by atoms with Gasteiger partial charge in [-0.05, 0) is 42.3 Å². The largest absolute Gasteiger partial charge is 0.480 e. The van der Waals surface area contributed by atoms with Crippen LogP contribution in [0.3, 0.4) is 0 Å². The van der Waals surface area contributed by atoms with E-state index in [1.165, 1.54) is 21.7 Å². The molecular weight excluding hydrogens is 535 g/mol. The van der Waals surface area contributed by atoms with Gasteiger partial charge in [-0.2, -0.15) is 18.3 Å². The molecule has 1 aromatic carbocycles. The molecule has 4 rings (SSSR count). The Morgan fingerprint density at radius 2 is 2.14 bits per heavy atom. The summed E-state index contributed by atoms with van der Waals surface area (Å²) >= 11 is 6.87. The highest BCUT2D eigenvalue weighted by atomic mass is 35.5. The molecule has 8 nitrogen and oxygen atoms in total. The number of nitrogens with zero attached hydrogens (tertiary/aromatic N) is 3. The fourth-order valence-electron chi connectivity index (χ4n) is 4.13. The Balaban J connectivity index is 1.51. The Kier molecular flexibility index (Phi) is 7.75. The zero-order valence-electron chi connectivity index (χ0n) is 19.5. The van der Waals surface area contributed by atoms with Crippen molar-refractivity contribution in [3.05, 3.63) is 57.6 Å². The van der Waals surface area contributed by atoms with Crippen molar-refractivity contribution in [1.82, 2.24) is 14.7 Å². The lowest BCUT2D eigenvalue weighted by atomic mass is 9.75. The third-order valence-corrected chi connectivity index (χ3v) is 7.55. The molecule has 1 amide bonds. The monoisotopic (exact) mass is 557 g/mol. The van der Waals surface area contributed by atoms with E-state index in [9.17, 15) is 27.9 Å². The van der Waals surface area contributed by atoms with Gasteiger partial charge in [0.25, 0.3) is 5.91 Å². The summed E-state index contributed by atoms with van der Waals surface area (Å²) in [6.07, 6.45) is 1.20. The van der Waals surface area contributed by atoms with E-state index in [2.05, 4.69) is 5.10 Å². The molecule has 1 saturated heterocycles. The number of carbonyl (C=O) groups excluding carboxylic acids is 1. The Hall–Kier alpha value is -2.80. The topological polar surface area (TPSA) is 105 Å². The van der Waals surface area contributed by atoms with Crippen molar-refractivity contribution in [3.63, 3.8) is 0 Å². The number of alkyl halides is 3. The molecule has 0 spiro atoms. The van der Waals surface area contributed by atoms with Crippen LogP contribution in [0.2, 0.25) is 0 Å². The molecular formula is C24H23ClF3N3O5S. The van der Waals surface area contributed by atoms with Crippen LogP contribution in [-0.2, 0) is 20.9 Å². The zero-order valence-corrected chi connectivity index (χ0v) is 21.1. The number of ether oxygens (including phenoxy) is 1. The molecule has 1 aliphatic heterocycles. The molecule has 0 radical (unpaired) electrons. The van der Waals surface area contributed by atoms with Gasteiger partial charge in [-0.1, -0.05) is 35.5 Å². The highest BCUT2D eigenvalue weighted by Gasteiger charge is 2.54. The van der Waals surface area contributed by atoms with Crippen LogP contribution in [0.15, 0.2) is 52.1 Å². The van der Waals surface area contributed by atoms with Crippen LogP contribution in [0.25, 0.3) is 17.0 Å². The molecule has 37 heavy (non-hydrogen) atoms. The van der Waals surface area contributed by atoms with E-state index >= 15 is 0 Å². The van der Waals surface area contributed by atoms with E-state index in [-0.39, 0.29) is 41.6 Å². The first-order valence-corrected chi connectivity index (χ1v) is 12.4. The molecule has 198 valence electrons. The number of rotatable bonds is 8. The van der Waals surface area contributed by atoms with Crippen molar-refractivity contribution in [3.8, 4) is 0 Å². The van der Waals surface area contributed by atoms with Gasteiger partial charge in [0.05, 0.1) is 35.2 Å². The first-order valence-electron chi connectivity index (χ1n) is 11.1. The van der Waals surface area contributed by atoms with E-state index in [0.29, 0.717) is 16.5 Å². The highest BCUT2D eigenvalue weighted by Crippen LogP contribution is 2.51. The number of fused-ring (bicyclic) bond motifs is 1. The zero-order chi connectivity index (χ0) is 27.0. The number of aromatic nitrogens is 2. The lowest BCUT2D eigenvalue weighted by Crippen LogP contribution is -2.39. The van der Waals surface area contributed by atoms with Crippen LogP contribution in [0, 0.1) is 5.41 Å². The summed E-state index contributed by atoms with van der Waals surface area (Å²) in [6.45, 7) is 0.547. The molecule has 2 heterocycles. The molecule has 2 unspecified atom stereocenters. The third-order valence-electron chi connectivity index (χ3n) is 6.28. The molecule has 2 aromatic rings. The number of allylic oxidation sites excluding steroid dienone is 4. The molecule has 1 fully saturated rings. The van der Waals surface area contributed by atoms with Crippen molar-refractivity contribution in [2.75, 3.05) is 19.8 Å². The summed E-state index contributed by atoms with van der Waals surface area (Å²) in [4.78, 5) is 24.7. The van der Waals surface area contributed by atoms with Crippen LogP contribution in [0.4, 0.5) is 13.2 Å². The summed E-state index contributed by atoms with van der Waals surface area (Å²) in [7, 11) is 0. The minimum absolute atomic E-state index is 0.0243. The SMILES string of the molecule is CC1(C(F)(F)F)CC(Cl)=CC=C1Cn1ncc2cc(/C=C3\SC(O)N(CCOCC(=O)O)C3=O)ccc21. The maximum atomic E-state index is 13.9. The molecule has 2 N–H and O–H groups in total. The van der Waals surface area contributed by atoms with Crippen molar-refractivity contribution >= 4 is 52.2 Å². The predicted molar refractivity (Wildman–Crippen MR) is 132 cm³/mol. The van der Waals surface area contributed by atoms with E-state index in [1.54, 1.807) is 30.5 Å². The maximum Gasteiger partial charge on any atom is 0.398 e. The standard InChI is InChI=1S/C24H23ClF3N3O5S/c1-23(24(26,27)28)10-17(25)4-3-16(23)12-31-18-5-2-14(8-15(18)11-29-31)9-19-21(34)30(22(35)37-19)6-7-36-13-20(32)33/h2-5,8-9,11,22,35H,6-7,10,12-13H2,1H3,(H,32,33)/b19-9-. The lowest BCUT2D eigenvalue weighted by Gasteiger charge is -2.36. The number of amides is 1. The number of aliphatic hydroxyl groups excluding tert-OH is 1. The van der Waals surface area contributed by atoms with Gasteiger partial charge in [0.2, 0.25) is 0 Å². The molecule has 1 aromatic heterocycles. The van der Waals surface area contributed by atoms with Crippen molar-refractivity contribution < 1.29 is 37.7 Å². The van der Waals surface area contributed by atoms with Gasteiger partial charge in [-0.15, -0.1) is 0 Å². The summed E-state index contributed by atoms with van der Waals surface area (Å²) in [6, 6.07) is 5.17. The number of aliphatic hydroxyl groups is 1. The summed E-state index contributed by atoms with van der Waals surface area (Å²) in [5.41, 5.74) is -1.82. The predicted octanol–water partition coefficient (Wildman–Crippen LogP) is 4.35. The summed E-state index contributed by atoms with van der Waals surface area (Å²) in [5.74, 6) is -1.55. The molecule has 0 bridgehead atoms. The van der Waals surface area contributed by atoms with E-state index < -0.39 is 35.6 Å². The number of hydrogen-bond acceptors (Lipinski definition) is 6. The number of hydrogen-bond donors (Lipinski definition) is 2. The van der Waals surface area contributed by atoms with Crippen LogP contribution < -0.4 is 0 Å². The van der Waals surface area contributed by atoms with Gasteiger partial charge >= 0.3 is 12.1 Å². The van der Waals surface area contributed by atoms with Crippen molar-refractivity contribution in [2.45, 2.75) is 31.6 Å². The minimum atomic E-state index is -4.48. The van der Waals surface area contributed by atoms with Gasteiger partial charge < -0.3 is 19.8 Å². The Bertz CT molecular complexity index is 1320. The van der Waals surface area contributed by atoms with Gasteiger partial charge in [-0.3, -0.25) is 9.48 Å². The maximum absolute atomic E-state index is 13.9. The van der Waals surface area contributed by atoms with Crippen molar-refractivity contribution in [1.29, 1.82) is 0 Å². The molecule has 2 atom stereocenters. The van der Waals surface area contributed by atoms with Gasteiger partial charge in [0, 0.05) is 23.4 Å². The average molecular weight is 558 g/mol. The highest BCUT2D eigenvalue weighted by molar-refractivity contribution is 8.05. The number of thioether (sulfide) groups is 1. The van der Waals surface area contributed by atoms with E-state index in [0.717, 1.165) is 18.7 Å². The fourth-order valence-corrected chi connectivity index (χ4v) is 5.44. The van der Waals surface area contributed by atoms with E-state index in [1.807, 2.05) is 0 Å². The second-order valence-electron chi connectivity index (χ2n) is 8.83. The van der Waals surface area contributed by atoms with Crippen LogP contribution >= 0.6 is 23.4 Å². The number of carboxylic acid groups (broad SMARTS) is 1. The second-order valence-corrected chi connectivity index (χ2v) is 10.4. The van der Waals surface area contributed by atoms with Crippen LogP contribution in [-0.4, -0.2) is 68.3 Å². The van der Waals surface area contributed by atoms with Gasteiger partial charge in [-0.25, -0.2) is 4.79 Å². The minimum Gasteiger partial charge on any atom is -0.480 e. The van der Waals surface area contributed by atoms with Crippen LogP contribution in [0.5, 0.6) is 0 Å². The second kappa shape index (κ2) is 10.5. The molecule has 13 heteroatoms. The quantitative estimate of drug-likeness (QED) is 0.367. The first kappa shape index (κ1) is 27.2. The molecule has 0 saturated carbocycles. The number of carboxylic acids is 1. The third kappa shape index (κ3) is 5.71. The fraction of sp³-hybridized carbons (Fsp3) is 0.375. The lowest BCUT2D eigenvalue weighted by molar-refractivity contribution is -0.204. The Morgan fingerprint density at radius 3 is 2.84 bits per heavy atom. The van der Waals surface area contributed by atoms with E-state index in [4.69, 9.17) is 21.4 Å². The number of aliphatic carboxylic acids is 1. The molecule has 2 aliphatic rings.